The Labute approximate surface area is 221 Å². The van der Waals surface area contributed by atoms with Crippen LogP contribution in [0.5, 0.6) is 5.75 Å². The van der Waals surface area contributed by atoms with Gasteiger partial charge in [-0.15, -0.1) is 38.0 Å². The smallest absolute Gasteiger partial charge is 0.405 e. The van der Waals surface area contributed by atoms with E-state index in [0.29, 0.717) is 12.5 Å². The lowest BCUT2D eigenvalue weighted by Gasteiger charge is -2.34. The van der Waals surface area contributed by atoms with Gasteiger partial charge in [0.25, 0.3) is 0 Å². The highest BCUT2D eigenvalue weighted by atomic mass is 35.5. The van der Waals surface area contributed by atoms with Crippen LogP contribution in [0.15, 0.2) is 48.5 Å². The van der Waals surface area contributed by atoms with E-state index < -0.39 is 32.2 Å². The number of nitrogens with one attached hydrogen (secondary N) is 2. The molecule has 204 valence electrons. The molecular weight excluding hydrogens is 566 g/mol. The van der Waals surface area contributed by atoms with Crippen molar-refractivity contribution < 1.29 is 34.7 Å². The molecule has 0 bridgehead atoms. The predicted molar refractivity (Wildman–Crippen MR) is 137 cm³/mol. The summed E-state index contributed by atoms with van der Waals surface area (Å²) in [4.78, 5) is 0. The fourth-order valence-electron chi connectivity index (χ4n) is 4.03. The van der Waals surface area contributed by atoms with E-state index in [1.807, 2.05) is 30.3 Å². The first-order valence-corrected chi connectivity index (χ1v) is 14.1. The molecule has 0 aliphatic carbocycles. The van der Waals surface area contributed by atoms with Crippen LogP contribution in [0, 0.1) is 0 Å². The van der Waals surface area contributed by atoms with Gasteiger partial charge < -0.3 is 15.4 Å². The molecular formula is C21H28Cl2F3N3O5S2. The van der Waals surface area contributed by atoms with Gasteiger partial charge in [0, 0.05) is 24.2 Å². The van der Waals surface area contributed by atoms with Crippen LogP contribution in [0.25, 0.3) is 0 Å². The normalized spacial score (nSPS) is 18.5. The second-order valence-electron chi connectivity index (χ2n) is 8.04. The quantitative estimate of drug-likeness (QED) is 0.480. The van der Waals surface area contributed by atoms with Crippen molar-refractivity contribution in [3.63, 3.8) is 0 Å². The monoisotopic (exact) mass is 593 g/mol. The van der Waals surface area contributed by atoms with Gasteiger partial charge in [0.1, 0.15) is 5.75 Å². The Morgan fingerprint density at radius 3 is 2.19 bits per heavy atom. The number of nitrogens with zero attached hydrogens (tertiary/aromatic N) is 1. The maximum Gasteiger partial charge on any atom is 0.573 e. The van der Waals surface area contributed by atoms with Gasteiger partial charge in [-0.3, -0.25) is 0 Å². The molecule has 2 aromatic rings. The maximum atomic E-state index is 13.0. The zero-order valence-electron chi connectivity index (χ0n) is 19.4. The van der Waals surface area contributed by atoms with E-state index in [4.69, 9.17) is 0 Å². The summed E-state index contributed by atoms with van der Waals surface area (Å²) in [6.07, 6.45) is -1.99. The van der Waals surface area contributed by atoms with Crippen LogP contribution in [0.4, 0.5) is 18.9 Å². The Kier molecular flexibility index (Phi) is 11.3. The third kappa shape index (κ3) is 8.67. The topological polar surface area (TPSA) is 105 Å². The minimum absolute atomic E-state index is 0. The minimum atomic E-state index is -4.98. The number of piperidine rings is 1. The molecule has 15 heteroatoms. The van der Waals surface area contributed by atoms with E-state index in [1.165, 1.54) is 0 Å². The van der Waals surface area contributed by atoms with E-state index in [2.05, 4.69) is 15.4 Å². The molecule has 0 unspecified atom stereocenters. The van der Waals surface area contributed by atoms with Crippen LogP contribution in [0.1, 0.15) is 30.0 Å². The van der Waals surface area contributed by atoms with Crippen molar-refractivity contribution in [2.75, 3.05) is 22.8 Å². The number of alkyl halides is 3. The lowest BCUT2D eigenvalue weighted by molar-refractivity contribution is -0.274. The van der Waals surface area contributed by atoms with E-state index in [9.17, 15) is 30.0 Å². The number of ether oxygens (including phenoxy) is 1. The number of hydrogen-bond donors (Lipinski definition) is 2. The molecule has 8 nitrogen and oxygen atoms in total. The Bertz CT molecular complexity index is 1190. The first-order valence-electron chi connectivity index (χ1n) is 10.4. The Morgan fingerprint density at radius 2 is 1.64 bits per heavy atom. The molecule has 0 aromatic heterocycles. The lowest BCUT2D eigenvalue weighted by atomic mass is 9.92. The molecule has 1 saturated heterocycles. The molecule has 0 radical (unpaired) electrons. The highest BCUT2D eigenvalue weighted by Crippen LogP contribution is 2.32. The van der Waals surface area contributed by atoms with Crippen molar-refractivity contribution in [1.82, 2.24) is 10.6 Å². The van der Waals surface area contributed by atoms with E-state index in [0.717, 1.165) is 43.1 Å². The first-order chi connectivity index (χ1) is 15.8. The summed E-state index contributed by atoms with van der Waals surface area (Å²) in [6.45, 7) is 0.670. The molecule has 2 aromatic carbocycles. The van der Waals surface area contributed by atoms with Gasteiger partial charge in [-0.2, -0.15) is 3.71 Å². The molecule has 0 spiro atoms. The molecule has 3 rings (SSSR count). The van der Waals surface area contributed by atoms with Gasteiger partial charge in [0.15, 0.2) is 0 Å². The molecule has 1 aliphatic heterocycles. The highest BCUT2D eigenvalue weighted by molar-refractivity contribution is 8.09. The summed E-state index contributed by atoms with van der Waals surface area (Å²) in [5.41, 5.74) is 0.669. The molecule has 1 heterocycles. The van der Waals surface area contributed by atoms with E-state index in [-0.39, 0.29) is 58.4 Å². The van der Waals surface area contributed by atoms with Crippen molar-refractivity contribution in [2.24, 2.45) is 0 Å². The number of halogens is 5. The second kappa shape index (κ2) is 12.7. The fourth-order valence-corrected chi connectivity index (χ4v) is 6.99. The average molecular weight is 595 g/mol. The number of hydrogen-bond acceptors (Lipinski definition) is 7. The van der Waals surface area contributed by atoms with Crippen LogP contribution in [-0.2, 0) is 26.6 Å². The zero-order chi connectivity index (χ0) is 25.1. The van der Waals surface area contributed by atoms with Crippen LogP contribution in [0.2, 0.25) is 0 Å². The number of anilines is 1. The first kappa shape index (κ1) is 32.3. The van der Waals surface area contributed by atoms with Crippen molar-refractivity contribution in [2.45, 2.75) is 37.8 Å². The van der Waals surface area contributed by atoms with Gasteiger partial charge in [-0.1, -0.05) is 30.3 Å². The summed E-state index contributed by atoms with van der Waals surface area (Å²) in [7, 11) is -8.54. The summed E-state index contributed by atoms with van der Waals surface area (Å²) < 4.78 is 91.7. The molecule has 1 fully saturated rings. The van der Waals surface area contributed by atoms with Gasteiger partial charge in [-0.25, -0.2) is 16.8 Å². The van der Waals surface area contributed by atoms with Crippen LogP contribution in [0.3, 0.4) is 0 Å². The molecule has 0 amide bonds. The molecule has 2 atom stereocenters. The van der Waals surface area contributed by atoms with E-state index >= 15 is 0 Å². The summed E-state index contributed by atoms with van der Waals surface area (Å²) in [6, 6.07) is 12.3. The molecule has 36 heavy (non-hydrogen) atoms. The van der Waals surface area contributed by atoms with Crippen molar-refractivity contribution in [3.05, 3.63) is 59.7 Å². The predicted octanol–water partition coefficient (Wildman–Crippen LogP) is 3.74. The van der Waals surface area contributed by atoms with Crippen LogP contribution < -0.4 is 19.1 Å². The third-order valence-electron chi connectivity index (χ3n) is 5.25. The number of sulfonamides is 2. The van der Waals surface area contributed by atoms with Gasteiger partial charge in [0.2, 0.25) is 20.0 Å². The largest absolute Gasteiger partial charge is 0.573 e. The summed E-state index contributed by atoms with van der Waals surface area (Å²) in [5, 5.41) is 6.63. The van der Waals surface area contributed by atoms with Crippen LogP contribution in [-0.4, -0.2) is 48.3 Å². The van der Waals surface area contributed by atoms with E-state index in [1.54, 1.807) is 0 Å². The Morgan fingerprint density at radius 1 is 1.03 bits per heavy atom. The number of benzene rings is 2. The summed E-state index contributed by atoms with van der Waals surface area (Å²) >= 11 is 0. The third-order valence-corrected chi connectivity index (χ3v) is 8.51. The zero-order valence-corrected chi connectivity index (χ0v) is 22.6. The Balaban J connectivity index is 0.00000324. The van der Waals surface area contributed by atoms with Crippen LogP contribution >= 0.6 is 24.8 Å². The fraction of sp³-hybridized carbons (Fsp3) is 0.429. The van der Waals surface area contributed by atoms with Gasteiger partial charge in [0.05, 0.1) is 18.2 Å². The standard InChI is InChI=1S/C21H26F3N3O5S2.2ClH/c1-33(28,29)27(34(2,30)31)17-10-11-19(32-21(22,23)24)16(13-17)14-26-18-9-6-12-25-20(18)15-7-4-3-5-8-15;;/h3-5,7-8,10-11,13,18,20,25-26H,6,9,12,14H2,1-2H3;2*1H/t18-,20-;;/m1../s1. The SMILES string of the molecule is CS(=O)(=O)N(c1ccc(OC(F)(F)F)c(CN[C@@H]2CCCN[C@@H]2c2ccccc2)c1)S(C)(=O)=O.Cl.Cl. The Hall–Kier alpha value is -1.77. The van der Waals surface area contributed by atoms with Gasteiger partial charge in [-0.05, 0) is 43.1 Å². The molecule has 1 aliphatic rings. The minimum Gasteiger partial charge on any atom is -0.405 e. The van der Waals surface area contributed by atoms with Crippen molar-refractivity contribution in [1.29, 1.82) is 0 Å². The highest BCUT2D eigenvalue weighted by Gasteiger charge is 2.34. The lowest BCUT2D eigenvalue weighted by Crippen LogP contribution is -2.45. The summed E-state index contributed by atoms with van der Waals surface area (Å²) in [5.74, 6) is -0.550. The van der Waals surface area contributed by atoms with Crippen molar-refractivity contribution >= 4 is 50.5 Å². The maximum absolute atomic E-state index is 13.0. The molecule has 2 N–H and O–H groups in total. The molecule has 0 saturated carbocycles. The number of rotatable bonds is 8. The second-order valence-corrected chi connectivity index (χ2v) is 11.9. The van der Waals surface area contributed by atoms with Gasteiger partial charge >= 0.3 is 6.36 Å². The van der Waals surface area contributed by atoms with Crippen molar-refractivity contribution in [3.8, 4) is 5.75 Å². The average Bonchev–Trinajstić information content (AvgIpc) is 2.71.